The molecule has 3 aromatic carbocycles. The number of nitrogens with one attached hydrogen (secondary N) is 2. The maximum absolute atomic E-state index is 15.6. The summed E-state index contributed by atoms with van der Waals surface area (Å²) in [6.45, 7) is 1.23. The van der Waals surface area contributed by atoms with E-state index in [9.17, 15) is 0 Å². The summed E-state index contributed by atoms with van der Waals surface area (Å²) >= 11 is 0. The van der Waals surface area contributed by atoms with Crippen LogP contribution in [0.1, 0.15) is 0 Å². The summed E-state index contributed by atoms with van der Waals surface area (Å²) in [6, 6.07) is 17.4. The Morgan fingerprint density at radius 2 is 1.72 bits per heavy atom. The third-order valence-electron chi connectivity index (χ3n) is 5.12. The zero-order valence-electron chi connectivity index (χ0n) is 16.3. The molecule has 29 heavy (non-hydrogen) atoms. The minimum absolute atomic E-state index is 0.293. The molecule has 0 fully saturated rings. The topological polar surface area (TPSA) is 56.9 Å². The van der Waals surface area contributed by atoms with Crippen LogP contribution in [0.25, 0.3) is 44.2 Å². The first kappa shape index (κ1) is 17.7. The van der Waals surface area contributed by atoms with Crippen molar-refractivity contribution in [1.29, 1.82) is 0 Å². The van der Waals surface area contributed by atoms with Gasteiger partial charge in [0.05, 0.1) is 5.52 Å². The highest BCUT2D eigenvalue weighted by molar-refractivity contribution is 6.15. The van der Waals surface area contributed by atoms with E-state index in [1.807, 2.05) is 73.6 Å². The molecule has 0 aliphatic carbocycles. The van der Waals surface area contributed by atoms with Gasteiger partial charge in [0.1, 0.15) is 23.5 Å². The van der Waals surface area contributed by atoms with Crippen LogP contribution in [-0.2, 0) is 0 Å². The van der Waals surface area contributed by atoms with Crippen molar-refractivity contribution in [3.8, 4) is 17.1 Å². The van der Waals surface area contributed by atoms with Crippen molar-refractivity contribution in [3.63, 3.8) is 0 Å². The van der Waals surface area contributed by atoms with Gasteiger partial charge in [0.2, 0.25) is 0 Å². The molecule has 146 valence electrons. The summed E-state index contributed by atoms with van der Waals surface area (Å²) in [5.74, 6) is 0.879. The van der Waals surface area contributed by atoms with E-state index in [2.05, 4.69) is 15.0 Å². The first-order valence-corrected chi connectivity index (χ1v) is 9.58. The van der Waals surface area contributed by atoms with Gasteiger partial charge in [-0.3, -0.25) is 0 Å². The van der Waals surface area contributed by atoms with Gasteiger partial charge in [-0.1, -0.05) is 48.5 Å². The average Bonchev–Trinajstić information content (AvgIpc) is 3.33. The summed E-state index contributed by atoms with van der Waals surface area (Å²) in [6.07, 6.45) is 0. The van der Waals surface area contributed by atoms with E-state index in [0.29, 0.717) is 40.1 Å². The van der Waals surface area contributed by atoms with Crippen LogP contribution in [0.5, 0.6) is 5.75 Å². The van der Waals surface area contributed by atoms with Crippen LogP contribution in [0.15, 0.2) is 54.6 Å². The molecule has 5 aromatic rings. The fourth-order valence-corrected chi connectivity index (χ4v) is 3.69. The Hall–Kier alpha value is -3.38. The fourth-order valence-electron chi connectivity index (χ4n) is 3.69. The largest absolute Gasteiger partial charge is 0.488 e. The highest BCUT2D eigenvalue weighted by Gasteiger charge is 2.23. The highest BCUT2D eigenvalue weighted by Crippen LogP contribution is 2.40. The van der Waals surface area contributed by atoms with Crippen molar-refractivity contribution >= 4 is 32.8 Å². The molecule has 0 saturated heterocycles. The molecule has 0 saturated carbocycles. The standard InChI is InChI=1S/C23H21FN4O/c1-28(2)12-13-29-22-19-17(15-10-6-7-11-16(15)25-19)18(24)20-21(22)27-23(26-20)14-8-4-3-5-9-14/h3-11,25H,12-13H2,1-2H3,(H,26,27). The molecule has 0 amide bonds. The number of ether oxygens (including phenoxy) is 1. The van der Waals surface area contributed by atoms with E-state index < -0.39 is 0 Å². The number of aromatic amines is 2. The van der Waals surface area contributed by atoms with Crippen LogP contribution in [-0.4, -0.2) is 47.1 Å². The van der Waals surface area contributed by atoms with Crippen LogP contribution in [0.4, 0.5) is 4.39 Å². The maximum Gasteiger partial charge on any atom is 0.169 e. The van der Waals surface area contributed by atoms with Crippen LogP contribution < -0.4 is 4.74 Å². The minimum atomic E-state index is -0.342. The number of aromatic nitrogens is 3. The molecular weight excluding hydrogens is 367 g/mol. The second-order valence-electron chi connectivity index (χ2n) is 7.39. The highest BCUT2D eigenvalue weighted by atomic mass is 19.1. The van der Waals surface area contributed by atoms with E-state index in [4.69, 9.17) is 4.74 Å². The Kier molecular flexibility index (Phi) is 4.21. The van der Waals surface area contributed by atoms with Gasteiger partial charge in [0.15, 0.2) is 11.6 Å². The van der Waals surface area contributed by atoms with Crippen molar-refractivity contribution in [2.45, 2.75) is 0 Å². The molecule has 2 aromatic heterocycles. The number of hydrogen-bond donors (Lipinski definition) is 2. The number of likely N-dealkylation sites (N-methyl/N-ethyl adjacent to an activating group) is 1. The number of H-pyrrole nitrogens is 2. The lowest BCUT2D eigenvalue weighted by atomic mass is 10.1. The van der Waals surface area contributed by atoms with Gasteiger partial charge in [-0.25, -0.2) is 9.37 Å². The van der Waals surface area contributed by atoms with Crippen LogP contribution >= 0.6 is 0 Å². The van der Waals surface area contributed by atoms with Gasteiger partial charge in [0, 0.05) is 28.4 Å². The summed E-state index contributed by atoms with van der Waals surface area (Å²) in [5, 5.41) is 1.34. The number of fused-ring (bicyclic) bond motifs is 4. The third-order valence-corrected chi connectivity index (χ3v) is 5.12. The Morgan fingerprint density at radius 1 is 0.966 bits per heavy atom. The SMILES string of the molecule is CN(C)CCOc1c2[nH]c(-c3ccccc3)nc2c(F)c2c1[nH]c1ccccc12. The number of para-hydroxylation sites is 1. The van der Waals surface area contributed by atoms with Crippen molar-refractivity contribution in [2.75, 3.05) is 27.2 Å². The third kappa shape index (κ3) is 2.93. The maximum atomic E-state index is 15.6. The molecule has 0 spiro atoms. The van der Waals surface area contributed by atoms with E-state index in [1.165, 1.54) is 0 Å². The molecule has 2 heterocycles. The minimum Gasteiger partial charge on any atom is -0.488 e. The summed E-state index contributed by atoms with van der Waals surface area (Å²) in [7, 11) is 3.98. The lowest BCUT2D eigenvalue weighted by Crippen LogP contribution is -2.19. The molecule has 6 heteroatoms. The lowest BCUT2D eigenvalue weighted by Gasteiger charge is -2.12. The quantitative estimate of drug-likeness (QED) is 0.448. The van der Waals surface area contributed by atoms with Crippen molar-refractivity contribution in [2.24, 2.45) is 0 Å². The van der Waals surface area contributed by atoms with E-state index in [1.54, 1.807) is 0 Å². The molecule has 0 atom stereocenters. The van der Waals surface area contributed by atoms with Crippen molar-refractivity contribution < 1.29 is 9.13 Å². The number of benzene rings is 3. The summed E-state index contributed by atoms with van der Waals surface area (Å²) in [5.41, 5.74) is 3.28. The van der Waals surface area contributed by atoms with E-state index in [-0.39, 0.29) is 5.82 Å². The molecule has 5 nitrogen and oxygen atoms in total. The molecule has 5 rings (SSSR count). The summed E-state index contributed by atoms with van der Waals surface area (Å²) < 4.78 is 21.8. The summed E-state index contributed by atoms with van der Waals surface area (Å²) in [4.78, 5) is 13.3. The Balaban J connectivity index is 1.79. The molecule has 0 aliphatic rings. The second kappa shape index (κ2) is 6.90. The van der Waals surface area contributed by atoms with Crippen LogP contribution in [0, 0.1) is 5.82 Å². The predicted molar refractivity (Wildman–Crippen MR) is 115 cm³/mol. The molecule has 0 radical (unpaired) electrons. The molecular formula is C23H21FN4O. The van der Waals surface area contributed by atoms with Gasteiger partial charge in [-0.15, -0.1) is 0 Å². The van der Waals surface area contributed by atoms with Gasteiger partial charge in [-0.2, -0.15) is 0 Å². The number of imidazole rings is 1. The van der Waals surface area contributed by atoms with Gasteiger partial charge in [-0.05, 0) is 20.2 Å². The zero-order valence-corrected chi connectivity index (χ0v) is 16.3. The van der Waals surface area contributed by atoms with Gasteiger partial charge < -0.3 is 19.6 Å². The number of rotatable bonds is 5. The molecule has 0 bridgehead atoms. The second-order valence-corrected chi connectivity index (χ2v) is 7.39. The Morgan fingerprint density at radius 3 is 2.52 bits per heavy atom. The number of halogens is 1. The Bertz CT molecular complexity index is 1320. The van der Waals surface area contributed by atoms with E-state index in [0.717, 1.165) is 23.0 Å². The van der Waals surface area contributed by atoms with Gasteiger partial charge >= 0.3 is 0 Å². The lowest BCUT2D eigenvalue weighted by molar-refractivity contribution is 0.265. The Labute approximate surface area is 167 Å². The van der Waals surface area contributed by atoms with E-state index >= 15 is 4.39 Å². The zero-order chi connectivity index (χ0) is 20.0. The molecule has 0 aliphatic heterocycles. The monoisotopic (exact) mass is 388 g/mol. The molecule has 2 N–H and O–H groups in total. The van der Waals surface area contributed by atoms with Crippen LogP contribution in [0.2, 0.25) is 0 Å². The van der Waals surface area contributed by atoms with Crippen LogP contribution in [0.3, 0.4) is 0 Å². The predicted octanol–water partition coefficient (Wildman–Crippen LogP) is 4.94. The molecule has 0 unspecified atom stereocenters. The first-order chi connectivity index (χ1) is 14.1. The smallest absolute Gasteiger partial charge is 0.169 e. The van der Waals surface area contributed by atoms with Crippen molar-refractivity contribution in [1.82, 2.24) is 19.9 Å². The van der Waals surface area contributed by atoms with Crippen molar-refractivity contribution in [3.05, 3.63) is 60.4 Å². The fraction of sp³-hybridized carbons (Fsp3) is 0.174. The first-order valence-electron chi connectivity index (χ1n) is 9.58. The number of nitrogens with zero attached hydrogens (tertiary/aromatic N) is 2. The number of hydrogen-bond acceptors (Lipinski definition) is 3. The normalized spacial score (nSPS) is 11.9. The van der Waals surface area contributed by atoms with Gasteiger partial charge in [0.25, 0.3) is 0 Å². The average molecular weight is 388 g/mol.